The number of anilines is 2. The van der Waals surface area contributed by atoms with Crippen LogP contribution in [0.4, 0.5) is 20.8 Å². The normalized spacial score (nSPS) is 15.2. The molecule has 50 heavy (non-hydrogen) atoms. The molecule has 1 amide bonds. The van der Waals surface area contributed by atoms with Gasteiger partial charge in [0.15, 0.2) is 0 Å². The molecule has 6 rings (SSSR count). The second-order valence-corrected chi connectivity index (χ2v) is 14.9. The predicted molar refractivity (Wildman–Crippen MR) is 186 cm³/mol. The van der Waals surface area contributed by atoms with Crippen LogP contribution in [0.5, 0.6) is 11.6 Å². The molecule has 0 unspecified atom stereocenters. The van der Waals surface area contributed by atoms with Crippen LogP contribution >= 0.6 is 0 Å². The number of hydrogen-bond donors (Lipinski definition) is 2. The van der Waals surface area contributed by atoms with Crippen molar-refractivity contribution >= 4 is 38.5 Å². The van der Waals surface area contributed by atoms with Crippen LogP contribution in [0.15, 0.2) is 65.4 Å². The van der Waals surface area contributed by atoms with Gasteiger partial charge in [-0.25, -0.2) is 32.6 Å². The first-order chi connectivity index (χ1) is 23.7. The minimum absolute atomic E-state index is 0.0819. The van der Waals surface area contributed by atoms with Crippen molar-refractivity contribution in [1.29, 1.82) is 0 Å². The number of rotatable bonds is 9. The summed E-state index contributed by atoms with van der Waals surface area (Å²) in [6, 6.07) is 12.8. The summed E-state index contributed by atoms with van der Waals surface area (Å²) in [7, 11) is -4.05. The van der Waals surface area contributed by atoms with Crippen molar-refractivity contribution < 1.29 is 31.6 Å². The summed E-state index contributed by atoms with van der Waals surface area (Å²) >= 11 is 0. The molecular formula is C35H38FN7O6S. The molecule has 0 aliphatic carbocycles. The van der Waals surface area contributed by atoms with Crippen molar-refractivity contribution in [3.8, 4) is 22.9 Å². The Bertz CT molecular complexity index is 2150. The van der Waals surface area contributed by atoms with Gasteiger partial charge in [-0.1, -0.05) is 17.3 Å². The highest BCUT2D eigenvalue weighted by molar-refractivity contribution is 7.91. The zero-order chi connectivity index (χ0) is 35.6. The number of nitrogens with zero attached hydrogens (tertiary/aromatic N) is 5. The molecule has 1 aliphatic rings. The number of aryl methyl sites for hydroxylation is 2. The molecule has 262 valence electrons. The number of ether oxygens (including phenoxy) is 2. The zero-order valence-electron chi connectivity index (χ0n) is 28.4. The van der Waals surface area contributed by atoms with Crippen molar-refractivity contribution in [3.05, 3.63) is 83.8 Å². The summed E-state index contributed by atoms with van der Waals surface area (Å²) < 4.78 is 60.6. The third kappa shape index (κ3) is 8.10. The number of halogens is 1. The van der Waals surface area contributed by atoms with Gasteiger partial charge >= 0.3 is 6.09 Å². The Labute approximate surface area is 289 Å². The van der Waals surface area contributed by atoms with Gasteiger partial charge in [-0.2, -0.15) is 0 Å². The first-order valence-corrected chi connectivity index (χ1v) is 17.7. The van der Waals surface area contributed by atoms with Gasteiger partial charge in [0.2, 0.25) is 21.9 Å². The molecule has 1 fully saturated rings. The van der Waals surface area contributed by atoms with Gasteiger partial charge in [0.05, 0.1) is 16.9 Å². The Morgan fingerprint density at radius 2 is 1.88 bits per heavy atom. The van der Waals surface area contributed by atoms with Gasteiger partial charge in [0.25, 0.3) is 0 Å². The minimum Gasteiger partial charge on any atom is -0.444 e. The van der Waals surface area contributed by atoms with Crippen molar-refractivity contribution in [2.45, 2.75) is 64.9 Å². The Morgan fingerprint density at radius 1 is 1.08 bits per heavy atom. The average molecular weight is 704 g/mol. The molecule has 1 saturated heterocycles. The molecule has 4 heterocycles. The number of aromatic nitrogens is 4. The van der Waals surface area contributed by atoms with Crippen LogP contribution in [-0.4, -0.2) is 64.3 Å². The Kier molecular flexibility index (Phi) is 9.60. The van der Waals surface area contributed by atoms with Gasteiger partial charge < -0.3 is 24.2 Å². The average Bonchev–Trinajstić information content (AvgIpc) is 3.46. The number of benzene rings is 2. The summed E-state index contributed by atoms with van der Waals surface area (Å²) in [4.78, 5) is 28.0. The molecule has 0 bridgehead atoms. The molecule has 0 spiro atoms. The number of amides is 1. The highest BCUT2D eigenvalue weighted by Gasteiger charge is 2.28. The van der Waals surface area contributed by atoms with E-state index in [1.165, 1.54) is 18.2 Å². The van der Waals surface area contributed by atoms with Crippen LogP contribution in [0.2, 0.25) is 0 Å². The topological polar surface area (TPSA) is 162 Å². The van der Waals surface area contributed by atoms with E-state index in [9.17, 15) is 13.2 Å². The third-order valence-corrected chi connectivity index (χ3v) is 9.07. The molecule has 1 aliphatic heterocycles. The van der Waals surface area contributed by atoms with Crippen LogP contribution < -0.4 is 14.8 Å². The lowest BCUT2D eigenvalue weighted by Gasteiger charge is -2.34. The monoisotopic (exact) mass is 703 g/mol. The number of piperidine rings is 1. The fourth-order valence-electron chi connectivity index (χ4n) is 5.68. The predicted octanol–water partition coefficient (Wildman–Crippen LogP) is 6.98. The highest BCUT2D eigenvalue weighted by Crippen LogP contribution is 2.40. The summed E-state index contributed by atoms with van der Waals surface area (Å²) in [6.45, 7) is 10.1. The fourth-order valence-corrected chi connectivity index (χ4v) is 6.80. The minimum atomic E-state index is -4.05. The number of nitrogens with one attached hydrogen (secondary N) is 2. The van der Waals surface area contributed by atoms with Gasteiger partial charge in [-0.3, -0.25) is 4.72 Å². The third-order valence-electron chi connectivity index (χ3n) is 7.88. The fraction of sp³-hybridized carbons (Fsp3) is 0.343. The van der Waals surface area contributed by atoms with Crippen LogP contribution in [0.3, 0.4) is 0 Å². The number of sulfonamides is 1. The van der Waals surface area contributed by atoms with Crippen LogP contribution in [-0.2, 0) is 20.5 Å². The summed E-state index contributed by atoms with van der Waals surface area (Å²) in [5.41, 5.74) is 1.21. The second kappa shape index (κ2) is 13.9. The molecule has 5 aromatic rings. The van der Waals surface area contributed by atoms with E-state index in [-0.39, 0.29) is 29.4 Å². The van der Waals surface area contributed by atoms with Crippen LogP contribution in [0, 0.1) is 19.7 Å². The van der Waals surface area contributed by atoms with E-state index >= 15 is 4.39 Å². The van der Waals surface area contributed by atoms with Crippen LogP contribution in [0.1, 0.15) is 50.6 Å². The van der Waals surface area contributed by atoms with Gasteiger partial charge in [-0.05, 0) is 83.4 Å². The van der Waals surface area contributed by atoms with Crippen molar-refractivity contribution in [2.75, 3.05) is 23.1 Å². The summed E-state index contributed by atoms with van der Waals surface area (Å²) in [5, 5.41) is 7.86. The largest absolute Gasteiger partial charge is 0.444 e. The Hall–Kier alpha value is -5.31. The molecule has 15 heteroatoms. The molecule has 0 radical (unpaired) electrons. The molecule has 3 aromatic heterocycles. The SMILES string of the molecule is Cc1cc(CS(=O)(=O)Nc2c(F)ccc3c(Oc4ncccc4-c4ccnc(N[C@H]5CCCN(C(=O)OC(C)(C)C)C5)n4)c(C)ccc23)no1. The molecule has 1 atom stereocenters. The molecular weight excluding hydrogens is 665 g/mol. The zero-order valence-corrected chi connectivity index (χ0v) is 29.2. The van der Waals surface area contributed by atoms with Crippen LogP contribution in [0.25, 0.3) is 22.0 Å². The standard InChI is InChI=1S/C35H38FN7O6S/c1-21-10-11-25-26(12-13-28(36)30(25)42-50(45,46)20-24-18-22(2)49-41-24)31(21)47-32-27(9-6-15-37-32)29-14-16-38-33(40-29)39-23-8-7-17-43(19-23)34(44)48-35(3,4)5/h6,9-16,18,23,42H,7-8,17,19-20H2,1-5H3,(H,38,39,40)/t23-/m0/s1. The maximum atomic E-state index is 15.2. The van der Waals surface area contributed by atoms with E-state index < -0.39 is 27.2 Å². The first kappa shape index (κ1) is 34.5. The number of hydrogen-bond acceptors (Lipinski definition) is 11. The van der Waals surface area contributed by atoms with E-state index in [2.05, 4.69) is 25.2 Å². The lowest BCUT2D eigenvalue weighted by atomic mass is 10.0. The van der Waals surface area contributed by atoms with Gasteiger partial charge in [0.1, 0.15) is 34.4 Å². The van der Waals surface area contributed by atoms with Gasteiger partial charge in [-0.15, -0.1) is 0 Å². The molecule has 2 N–H and O–H groups in total. The van der Waals surface area contributed by atoms with Crippen molar-refractivity contribution in [2.24, 2.45) is 0 Å². The van der Waals surface area contributed by atoms with Crippen molar-refractivity contribution in [3.63, 3.8) is 0 Å². The maximum Gasteiger partial charge on any atom is 0.410 e. The number of fused-ring (bicyclic) bond motifs is 1. The number of carbonyl (C=O) groups excluding carboxylic acids is 1. The summed E-state index contributed by atoms with van der Waals surface area (Å²) in [6.07, 6.45) is 4.48. The highest BCUT2D eigenvalue weighted by atomic mass is 32.2. The molecule has 13 nitrogen and oxygen atoms in total. The summed E-state index contributed by atoms with van der Waals surface area (Å²) in [5.74, 6) is 0.191. The van der Waals surface area contributed by atoms with E-state index in [0.717, 1.165) is 12.8 Å². The Balaban J connectivity index is 1.25. The maximum absolute atomic E-state index is 15.2. The molecule has 0 saturated carbocycles. The second-order valence-electron chi connectivity index (χ2n) is 13.2. The number of pyridine rings is 1. The van der Waals surface area contributed by atoms with Crippen molar-refractivity contribution in [1.82, 2.24) is 25.0 Å². The van der Waals surface area contributed by atoms with Gasteiger partial charge in [0, 0.05) is 48.4 Å². The van der Waals surface area contributed by atoms with E-state index in [1.807, 2.05) is 33.8 Å². The van der Waals surface area contributed by atoms with E-state index in [0.29, 0.717) is 58.1 Å². The molecule has 2 aromatic carbocycles. The smallest absolute Gasteiger partial charge is 0.410 e. The number of carbonyl (C=O) groups is 1. The Morgan fingerprint density at radius 3 is 2.64 bits per heavy atom. The lowest BCUT2D eigenvalue weighted by Crippen LogP contribution is -2.47. The number of likely N-dealkylation sites (tertiary alicyclic amines) is 1. The first-order valence-electron chi connectivity index (χ1n) is 16.1. The lowest BCUT2D eigenvalue weighted by molar-refractivity contribution is 0.0206. The van der Waals surface area contributed by atoms with E-state index in [4.69, 9.17) is 19.0 Å². The van der Waals surface area contributed by atoms with E-state index in [1.54, 1.807) is 48.5 Å². The quantitative estimate of drug-likeness (QED) is 0.163.